The third-order valence-corrected chi connectivity index (χ3v) is 7.31. The van der Waals surface area contributed by atoms with Crippen LogP contribution < -0.4 is 20.7 Å². The van der Waals surface area contributed by atoms with Gasteiger partial charge in [-0.15, -0.1) is 0 Å². The van der Waals surface area contributed by atoms with E-state index < -0.39 is 18.0 Å². The molecule has 3 aromatic carbocycles. The number of aliphatic imine (C=N–C) groups is 1. The van der Waals surface area contributed by atoms with Crippen LogP contribution in [0.4, 0.5) is 15.8 Å². The molecule has 0 spiro atoms. The van der Waals surface area contributed by atoms with E-state index in [-0.39, 0.29) is 5.69 Å². The lowest BCUT2D eigenvalue weighted by molar-refractivity contribution is 0.102. The van der Waals surface area contributed by atoms with Crippen LogP contribution in [0.25, 0.3) is 22.6 Å². The minimum Gasteiger partial charge on any atom is -0.492 e. The lowest BCUT2D eigenvalue weighted by Gasteiger charge is -2.23. The van der Waals surface area contributed by atoms with Gasteiger partial charge in [0.1, 0.15) is 23.8 Å². The molecule has 1 atom stereocenters. The summed E-state index contributed by atoms with van der Waals surface area (Å²) < 4.78 is 22.2. The minimum absolute atomic E-state index is 0.00590. The normalized spacial score (nSPS) is 14.2. The van der Waals surface area contributed by atoms with Crippen molar-refractivity contribution < 1.29 is 13.9 Å². The molecule has 228 valence electrons. The number of ether oxygens (including phenoxy) is 1. The van der Waals surface area contributed by atoms with E-state index in [1.54, 1.807) is 24.4 Å². The number of fused-ring (bicyclic) bond motifs is 1. The van der Waals surface area contributed by atoms with E-state index in [4.69, 9.17) is 21.3 Å². The minimum atomic E-state index is -0.574. The van der Waals surface area contributed by atoms with Crippen LogP contribution in [0.15, 0.2) is 102 Å². The molecule has 0 fully saturated rings. The number of allylic oxidation sites excluding steroid dienone is 1. The van der Waals surface area contributed by atoms with Crippen LogP contribution in [0, 0.1) is 5.82 Å². The smallest absolute Gasteiger partial charge is 0.255 e. The van der Waals surface area contributed by atoms with Crippen molar-refractivity contribution in [2.45, 2.75) is 6.29 Å². The number of amides is 1. The number of carbonyl (C=O) groups is 1. The van der Waals surface area contributed by atoms with Gasteiger partial charge in [-0.3, -0.25) is 9.20 Å². The fourth-order valence-electron chi connectivity index (χ4n) is 4.89. The summed E-state index contributed by atoms with van der Waals surface area (Å²) in [5, 5.41) is 9.82. The molecule has 0 aliphatic carbocycles. The largest absolute Gasteiger partial charge is 0.492 e. The fourth-order valence-corrected chi connectivity index (χ4v) is 5.06. The second kappa shape index (κ2) is 13.2. The van der Waals surface area contributed by atoms with E-state index in [0.29, 0.717) is 28.5 Å². The number of rotatable bonds is 10. The number of imidazole rings is 1. The van der Waals surface area contributed by atoms with Crippen LogP contribution in [0.5, 0.6) is 5.75 Å². The predicted octanol–water partition coefficient (Wildman–Crippen LogP) is 6.40. The van der Waals surface area contributed by atoms with Crippen molar-refractivity contribution in [1.29, 1.82) is 0 Å². The number of carbonyl (C=O) groups excluding carboxylic acids is 1. The molecule has 1 unspecified atom stereocenters. The third kappa shape index (κ3) is 6.98. The van der Waals surface area contributed by atoms with E-state index in [0.717, 1.165) is 35.0 Å². The first kappa shape index (κ1) is 29.9. The van der Waals surface area contributed by atoms with E-state index in [9.17, 15) is 9.18 Å². The van der Waals surface area contributed by atoms with Crippen molar-refractivity contribution in [3.05, 3.63) is 119 Å². The highest BCUT2D eigenvalue weighted by Gasteiger charge is 2.22. The molecule has 0 radical (unpaired) electrons. The highest BCUT2D eigenvalue weighted by Crippen LogP contribution is 2.31. The SMILES string of the molecule is CN(C)CCOc1cccc(NC2N=CC=C(c3c(-c4cccc(C(=O)Nc5cc(Cl)ccc5F)c4)nc4ccccn34)N2)c1. The molecule has 6 rings (SSSR count). The lowest BCUT2D eigenvalue weighted by Crippen LogP contribution is -2.35. The van der Waals surface area contributed by atoms with Crippen LogP contribution >= 0.6 is 11.6 Å². The number of pyridine rings is 1. The van der Waals surface area contributed by atoms with Crippen LogP contribution in [0.2, 0.25) is 5.02 Å². The van der Waals surface area contributed by atoms with Gasteiger partial charge in [-0.05, 0) is 74.8 Å². The first-order chi connectivity index (χ1) is 21.8. The van der Waals surface area contributed by atoms with Crippen LogP contribution in [-0.4, -0.2) is 59.9 Å². The molecule has 3 N–H and O–H groups in total. The molecule has 3 heterocycles. The molecule has 1 aliphatic heterocycles. The average molecular weight is 624 g/mol. The standard InChI is InChI=1S/C34H31ClFN7O2/c1-42(2)17-18-45-26-10-6-9-25(21-26)38-34-37-15-14-28(40-34)32-31(41-30-11-3-4-16-43(30)32)22-7-5-8-23(19-22)33(44)39-29-20-24(35)12-13-27(29)36/h3-16,19-21,34,38,40H,17-18H2,1-2H3,(H,39,44). The Morgan fingerprint density at radius 1 is 1.07 bits per heavy atom. The van der Waals surface area contributed by atoms with Gasteiger partial charge in [-0.1, -0.05) is 35.9 Å². The predicted molar refractivity (Wildman–Crippen MR) is 177 cm³/mol. The van der Waals surface area contributed by atoms with Gasteiger partial charge in [0.25, 0.3) is 5.91 Å². The Hall–Kier alpha value is -5.19. The second-order valence-corrected chi connectivity index (χ2v) is 11.1. The number of aromatic nitrogens is 2. The van der Waals surface area contributed by atoms with Gasteiger partial charge in [0, 0.05) is 46.9 Å². The van der Waals surface area contributed by atoms with E-state index in [1.807, 2.05) is 79.3 Å². The topological polar surface area (TPSA) is 95.3 Å². The van der Waals surface area contributed by atoms with Gasteiger partial charge in [-0.2, -0.15) is 0 Å². The zero-order chi connectivity index (χ0) is 31.3. The second-order valence-electron chi connectivity index (χ2n) is 10.6. The molecule has 11 heteroatoms. The molecular weight excluding hydrogens is 593 g/mol. The Balaban J connectivity index is 1.26. The zero-order valence-electron chi connectivity index (χ0n) is 24.7. The molecule has 2 aromatic heterocycles. The Morgan fingerprint density at radius 2 is 1.93 bits per heavy atom. The monoisotopic (exact) mass is 623 g/mol. The molecular formula is C34H31ClFN7O2. The van der Waals surface area contributed by atoms with Gasteiger partial charge in [0.2, 0.25) is 0 Å². The number of anilines is 2. The van der Waals surface area contributed by atoms with Gasteiger partial charge in [-0.25, -0.2) is 14.4 Å². The fraction of sp³-hybridized carbons (Fsp3) is 0.147. The van der Waals surface area contributed by atoms with Gasteiger partial charge in [0.15, 0.2) is 6.29 Å². The number of hydrogen-bond acceptors (Lipinski definition) is 7. The van der Waals surface area contributed by atoms with E-state index in [1.165, 1.54) is 18.2 Å². The van der Waals surface area contributed by atoms with Gasteiger partial charge < -0.3 is 25.6 Å². The van der Waals surface area contributed by atoms with Crippen molar-refractivity contribution in [3.8, 4) is 17.0 Å². The van der Waals surface area contributed by atoms with Crippen molar-refractivity contribution in [1.82, 2.24) is 19.6 Å². The summed E-state index contributed by atoms with van der Waals surface area (Å²) in [6, 6.07) is 24.6. The molecule has 5 aromatic rings. The van der Waals surface area contributed by atoms with Crippen LogP contribution in [-0.2, 0) is 0 Å². The molecule has 1 aliphatic rings. The highest BCUT2D eigenvalue weighted by molar-refractivity contribution is 6.31. The first-order valence-corrected chi connectivity index (χ1v) is 14.7. The Labute approximate surface area is 265 Å². The Bertz CT molecular complexity index is 1920. The molecule has 0 saturated carbocycles. The number of hydrogen-bond donors (Lipinski definition) is 3. The summed E-state index contributed by atoms with van der Waals surface area (Å²) in [4.78, 5) is 24.7. The number of nitrogens with zero attached hydrogens (tertiary/aromatic N) is 4. The summed E-state index contributed by atoms with van der Waals surface area (Å²) in [7, 11) is 4.01. The van der Waals surface area contributed by atoms with Crippen molar-refractivity contribution in [2.75, 3.05) is 37.9 Å². The summed E-state index contributed by atoms with van der Waals surface area (Å²) in [6.07, 6.45) is 5.10. The van der Waals surface area contributed by atoms with Crippen molar-refractivity contribution >= 4 is 46.4 Å². The maximum Gasteiger partial charge on any atom is 0.255 e. The summed E-state index contributed by atoms with van der Waals surface area (Å²) in [6.45, 7) is 1.40. The molecule has 9 nitrogen and oxygen atoms in total. The maximum absolute atomic E-state index is 14.3. The van der Waals surface area contributed by atoms with Gasteiger partial charge in [0.05, 0.1) is 22.8 Å². The first-order valence-electron chi connectivity index (χ1n) is 14.3. The Morgan fingerprint density at radius 3 is 2.80 bits per heavy atom. The van der Waals surface area contributed by atoms with E-state index >= 15 is 0 Å². The van der Waals surface area contributed by atoms with Crippen LogP contribution in [0.1, 0.15) is 16.1 Å². The maximum atomic E-state index is 14.3. The quantitative estimate of drug-likeness (QED) is 0.167. The number of halogens is 2. The molecule has 1 amide bonds. The van der Waals surface area contributed by atoms with E-state index in [2.05, 4.69) is 25.8 Å². The third-order valence-electron chi connectivity index (χ3n) is 7.07. The van der Waals surface area contributed by atoms with Crippen molar-refractivity contribution in [3.63, 3.8) is 0 Å². The summed E-state index contributed by atoms with van der Waals surface area (Å²) >= 11 is 6.01. The molecule has 0 saturated heterocycles. The molecule has 45 heavy (non-hydrogen) atoms. The highest BCUT2D eigenvalue weighted by atomic mass is 35.5. The number of nitrogens with one attached hydrogen (secondary N) is 3. The van der Waals surface area contributed by atoms with Crippen molar-refractivity contribution in [2.24, 2.45) is 4.99 Å². The average Bonchev–Trinajstić information content (AvgIpc) is 3.43. The Kier molecular flexibility index (Phi) is 8.77. The number of benzene rings is 3. The lowest BCUT2D eigenvalue weighted by atomic mass is 10.0. The summed E-state index contributed by atoms with van der Waals surface area (Å²) in [5.74, 6) is -0.276. The summed E-state index contributed by atoms with van der Waals surface area (Å²) in [5.41, 5.74) is 4.88. The number of likely N-dealkylation sites (N-methyl/N-ethyl adjacent to an activating group) is 1. The van der Waals surface area contributed by atoms with Crippen LogP contribution in [0.3, 0.4) is 0 Å². The molecule has 0 bridgehead atoms. The van der Waals surface area contributed by atoms with Gasteiger partial charge >= 0.3 is 0 Å². The zero-order valence-corrected chi connectivity index (χ0v) is 25.4.